The summed E-state index contributed by atoms with van der Waals surface area (Å²) in [4.78, 5) is 2.30. The lowest BCUT2D eigenvalue weighted by Gasteiger charge is -2.40. The van der Waals surface area contributed by atoms with E-state index in [9.17, 15) is 8.42 Å². The van der Waals surface area contributed by atoms with Gasteiger partial charge in [-0.2, -0.15) is 0 Å². The van der Waals surface area contributed by atoms with Crippen molar-refractivity contribution in [3.05, 3.63) is 0 Å². The topological polar surface area (TPSA) is 72.6 Å². The van der Waals surface area contributed by atoms with Gasteiger partial charge in [0.15, 0.2) is 0 Å². The Morgan fingerprint density at radius 2 is 1.79 bits per heavy atom. The van der Waals surface area contributed by atoms with E-state index in [0.717, 1.165) is 26.3 Å². The zero-order chi connectivity index (χ0) is 10.2. The lowest BCUT2D eigenvalue weighted by atomic mass is 10.1. The van der Waals surface area contributed by atoms with Crippen molar-refractivity contribution in [1.82, 2.24) is 4.90 Å². The van der Waals surface area contributed by atoms with Gasteiger partial charge in [-0.05, 0) is 25.9 Å². The second kappa shape index (κ2) is 3.77. The van der Waals surface area contributed by atoms with E-state index < -0.39 is 10.0 Å². The minimum absolute atomic E-state index is 0.334. The zero-order valence-electron chi connectivity index (χ0n) is 8.05. The van der Waals surface area contributed by atoms with E-state index in [4.69, 9.17) is 9.88 Å². The number of sulfonamides is 1. The predicted octanol–water partition coefficient (Wildman–Crippen LogP) is -0.862. The molecule has 6 heteroatoms. The van der Waals surface area contributed by atoms with Crippen molar-refractivity contribution in [3.8, 4) is 0 Å². The normalized spacial score (nSPS) is 27.5. The van der Waals surface area contributed by atoms with Gasteiger partial charge in [0.1, 0.15) is 0 Å². The molecule has 0 amide bonds. The summed E-state index contributed by atoms with van der Waals surface area (Å²) in [5, 5.41) is 4.77. The van der Waals surface area contributed by atoms with Crippen LogP contribution in [0.4, 0.5) is 0 Å². The third-order valence-corrected chi connectivity index (χ3v) is 4.48. The molecular weight excluding hydrogens is 204 g/mol. The first-order chi connectivity index (χ1) is 6.57. The fourth-order valence-electron chi connectivity index (χ4n) is 2.00. The molecule has 82 valence electrons. The average molecular weight is 220 g/mol. The molecule has 5 nitrogen and oxygen atoms in total. The predicted molar refractivity (Wildman–Crippen MR) is 52.3 cm³/mol. The molecule has 2 aliphatic heterocycles. The SMILES string of the molecule is NS(=O)(=O)C1CCN(C2COC2)CC1. The monoisotopic (exact) mass is 220 g/mol. The number of nitrogens with zero attached hydrogens (tertiary/aromatic N) is 1. The number of piperidine rings is 1. The quantitative estimate of drug-likeness (QED) is 0.657. The summed E-state index contributed by atoms with van der Waals surface area (Å²) in [6.45, 7) is 3.24. The largest absolute Gasteiger partial charge is 0.378 e. The summed E-state index contributed by atoms with van der Waals surface area (Å²) in [6, 6.07) is 0.511. The molecular formula is C8H16N2O3S. The first-order valence-electron chi connectivity index (χ1n) is 4.91. The van der Waals surface area contributed by atoms with Crippen molar-refractivity contribution in [3.63, 3.8) is 0 Å². The fraction of sp³-hybridized carbons (Fsp3) is 1.00. The average Bonchev–Trinajstić information content (AvgIpc) is 2.00. The number of ether oxygens (including phenoxy) is 1. The van der Waals surface area contributed by atoms with Crippen LogP contribution < -0.4 is 5.14 Å². The summed E-state index contributed by atoms with van der Waals surface area (Å²) in [5.74, 6) is 0. The van der Waals surface area contributed by atoms with Gasteiger partial charge in [0.25, 0.3) is 0 Å². The highest BCUT2D eigenvalue weighted by Gasteiger charge is 2.32. The first-order valence-corrected chi connectivity index (χ1v) is 6.52. The van der Waals surface area contributed by atoms with E-state index in [1.807, 2.05) is 0 Å². The number of primary sulfonamides is 1. The van der Waals surface area contributed by atoms with Crippen LogP contribution in [0, 0.1) is 0 Å². The highest BCUT2D eigenvalue weighted by Crippen LogP contribution is 2.20. The fourth-order valence-corrected chi connectivity index (χ4v) is 2.87. The van der Waals surface area contributed by atoms with Crippen LogP contribution in [0.1, 0.15) is 12.8 Å². The lowest BCUT2D eigenvalue weighted by molar-refractivity contribution is -0.0695. The maximum absolute atomic E-state index is 11.1. The van der Waals surface area contributed by atoms with Crippen molar-refractivity contribution in [1.29, 1.82) is 0 Å². The molecule has 0 aromatic heterocycles. The highest BCUT2D eigenvalue weighted by atomic mass is 32.2. The van der Waals surface area contributed by atoms with E-state index in [1.54, 1.807) is 0 Å². The highest BCUT2D eigenvalue weighted by molar-refractivity contribution is 7.89. The Morgan fingerprint density at radius 1 is 1.21 bits per heavy atom. The second-order valence-electron chi connectivity index (χ2n) is 4.02. The molecule has 2 rings (SSSR count). The summed E-state index contributed by atoms with van der Waals surface area (Å²) in [7, 11) is -3.32. The zero-order valence-corrected chi connectivity index (χ0v) is 8.87. The molecule has 0 aliphatic carbocycles. The maximum atomic E-state index is 11.1. The van der Waals surface area contributed by atoms with Crippen molar-refractivity contribution in [2.45, 2.75) is 24.1 Å². The molecule has 2 N–H and O–H groups in total. The van der Waals surface area contributed by atoms with Crippen LogP contribution in [0.25, 0.3) is 0 Å². The van der Waals surface area contributed by atoms with Crippen LogP contribution in [0.2, 0.25) is 0 Å². The van der Waals surface area contributed by atoms with E-state index >= 15 is 0 Å². The smallest absolute Gasteiger partial charge is 0.212 e. The molecule has 0 bridgehead atoms. The Kier molecular flexibility index (Phi) is 2.79. The lowest BCUT2D eigenvalue weighted by Crippen LogP contribution is -2.53. The molecule has 2 fully saturated rings. The van der Waals surface area contributed by atoms with Crippen LogP contribution in [0.3, 0.4) is 0 Å². The van der Waals surface area contributed by atoms with E-state index in [2.05, 4.69) is 4.90 Å². The first kappa shape index (κ1) is 10.4. The number of hydrogen-bond donors (Lipinski definition) is 1. The third-order valence-electron chi connectivity index (χ3n) is 3.08. The minimum atomic E-state index is -3.32. The molecule has 0 aromatic carbocycles. The van der Waals surface area contributed by atoms with Gasteiger partial charge in [-0.15, -0.1) is 0 Å². The van der Waals surface area contributed by atoms with Gasteiger partial charge in [0, 0.05) is 0 Å². The summed E-state index contributed by atoms with van der Waals surface area (Å²) in [6.07, 6.45) is 1.32. The molecule has 0 unspecified atom stereocenters. The molecule has 0 aromatic rings. The number of rotatable bonds is 2. The standard InChI is InChI=1S/C8H16N2O3S/c9-14(11,12)8-1-3-10(4-2-8)7-5-13-6-7/h7-8H,1-6H2,(H2,9,11,12). The molecule has 2 aliphatic rings. The van der Waals surface area contributed by atoms with E-state index in [0.29, 0.717) is 18.9 Å². The summed E-state index contributed by atoms with van der Waals surface area (Å²) in [5.41, 5.74) is 0. The molecule has 14 heavy (non-hydrogen) atoms. The van der Waals surface area contributed by atoms with Crippen LogP contribution >= 0.6 is 0 Å². The van der Waals surface area contributed by atoms with Gasteiger partial charge < -0.3 is 4.74 Å². The Labute approximate surface area is 84.3 Å². The Hall–Kier alpha value is -0.170. The third kappa shape index (κ3) is 2.08. The van der Waals surface area contributed by atoms with Gasteiger partial charge in [-0.25, -0.2) is 13.6 Å². The molecule has 0 radical (unpaired) electrons. The molecule has 0 saturated carbocycles. The van der Waals surface area contributed by atoms with E-state index in [-0.39, 0.29) is 5.25 Å². The number of likely N-dealkylation sites (tertiary alicyclic amines) is 1. The van der Waals surface area contributed by atoms with Crippen molar-refractivity contribution in [2.24, 2.45) is 5.14 Å². The van der Waals surface area contributed by atoms with Gasteiger partial charge in [0.05, 0.1) is 24.5 Å². The summed E-state index contributed by atoms with van der Waals surface area (Å²) < 4.78 is 27.3. The number of hydrogen-bond acceptors (Lipinski definition) is 4. The Bertz CT molecular complexity index is 292. The summed E-state index contributed by atoms with van der Waals surface area (Å²) >= 11 is 0. The van der Waals surface area contributed by atoms with Crippen molar-refractivity contribution >= 4 is 10.0 Å². The van der Waals surface area contributed by atoms with Crippen molar-refractivity contribution in [2.75, 3.05) is 26.3 Å². The van der Waals surface area contributed by atoms with Gasteiger partial charge in [-0.3, -0.25) is 4.90 Å². The van der Waals surface area contributed by atoms with Gasteiger partial charge >= 0.3 is 0 Å². The minimum Gasteiger partial charge on any atom is -0.378 e. The molecule has 2 heterocycles. The Balaban J connectivity index is 1.85. The maximum Gasteiger partial charge on any atom is 0.212 e. The van der Waals surface area contributed by atoms with Crippen LogP contribution in [0.5, 0.6) is 0 Å². The van der Waals surface area contributed by atoms with Crippen LogP contribution in [-0.4, -0.2) is 50.9 Å². The molecule has 0 spiro atoms. The van der Waals surface area contributed by atoms with E-state index in [1.165, 1.54) is 0 Å². The van der Waals surface area contributed by atoms with Crippen LogP contribution in [0.15, 0.2) is 0 Å². The molecule has 2 saturated heterocycles. The Morgan fingerprint density at radius 3 is 2.14 bits per heavy atom. The molecule has 0 atom stereocenters. The second-order valence-corrected chi connectivity index (χ2v) is 5.86. The van der Waals surface area contributed by atoms with Crippen LogP contribution in [-0.2, 0) is 14.8 Å². The van der Waals surface area contributed by atoms with Gasteiger partial charge in [0.2, 0.25) is 10.0 Å². The van der Waals surface area contributed by atoms with Gasteiger partial charge in [-0.1, -0.05) is 0 Å². The van der Waals surface area contributed by atoms with Crippen molar-refractivity contribution < 1.29 is 13.2 Å². The number of nitrogens with two attached hydrogens (primary N) is 1.